The van der Waals surface area contributed by atoms with E-state index in [1.807, 2.05) is 0 Å². The fourth-order valence-corrected chi connectivity index (χ4v) is 15.2. The number of rotatable bonds is 3. The van der Waals surface area contributed by atoms with Crippen LogP contribution < -0.4 is 0 Å². The highest BCUT2D eigenvalue weighted by atomic mass is 15.3. The van der Waals surface area contributed by atoms with Crippen LogP contribution in [0.3, 0.4) is 0 Å². The average molecular weight is 575 g/mol. The monoisotopic (exact) mass is 575 g/mol. The van der Waals surface area contributed by atoms with Gasteiger partial charge in [-0.15, -0.1) is 0 Å². The van der Waals surface area contributed by atoms with Gasteiger partial charge >= 0.3 is 0 Å². The second-order valence-electron chi connectivity index (χ2n) is 18.0. The third-order valence-electron chi connectivity index (χ3n) is 16.6. The molecule has 7 saturated carbocycles. The zero-order chi connectivity index (χ0) is 27.6. The van der Waals surface area contributed by atoms with Crippen molar-refractivity contribution >= 4 is 0 Å². The largest absolute Gasteiger partial charge is 0.294 e. The van der Waals surface area contributed by atoms with Crippen molar-refractivity contribution in [2.24, 2.45) is 47.3 Å². The number of likely N-dealkylation sites (tertiary alicyclic amines) is 2. The molecule has 42 heavy (non-hydrogen) atoms. The lowest BCUT2D eigenvalue weighted by Gasteiger charge is -2.48. The van der Waals surface area contributed by atoms with Gasteiger partial charge in [0.2, 0.25) is 0 Å². The Balaban J connectivity index is 0.932. The second-order valence-corrected chi connectivity index (χ2v) is 18.0. The van der Waals surface area contributed by atoms with Crippen LogP contribution in [0.1, 0.15) is 167 Å². The van der Waals surface area contributed by atoms with Gasteiger partial charge in [0.1, 0.15) is 0 Å². The van der Waals surface area contributed by atoms with Gasteiger partial charge in [-0.1, -0.05) is 70.6 Å². The van der Waals surface area contributed by atoms with Crippen LogP contribution in [0.25, 0.3) is 0 Å². The standard InChI is InChI=1S/C40H66N2/c1-2-12-31(13-3-1)41-35-16-8-6-14-33(35)39-37(41)24-25-38-40(39)34-15-7-9-17-36(34)42(38)32-22-20-28(21-23-32)30-19-18-27-10-4-5-11-29(27)26-30/h27-40H,1-26H2. The Morgan fingerprint density at radius 2 is 0.714 bits per heavy atom. The molecule has 0 aromatic rings. The minimum Gasteiger partial charge on any atom is -0.294 e. The Morgan fingerprint density at radius 1 is 0.286 bits per heavy atom. The van der Waals surface area contributed by atoms with Gasteiger partial charge in [0.15, 0.2) is 0 Å². The van der Waals surface area contributed by atoms with E-state index in [9.17, 15) is 0 Å². The minimum absolute atomic E-state index is 0.947. The van der Waals surface area contributed by atoms with Gasteiger partial charge in [0.25, 0.3) is 0 Å². The zero-order valence-electron chi connectivity index (χ0n) is 27.4. The lowest BCUT2D eigenvalue weighted by molar-refractivity contribution is 0.0102. The van der Waals surface area contributed by atoms with Crippen molar-refractivity contribution in [3.8, 4) is 0 Å². The first kappa shape index (κ1) is 28.2. The van der Waals surface area contributed by atoms with Crippen LogP contribution in [0.2, 0.25) is 0 Å². The molecule has 7 aliphatic carbocycles. The normalized spacial score (nSPS) is 52.1. The van der Waals surface area contributed by atoms with E-state index >= 15 is 0 Å². The molecular weight excluding hydrogens is 508 g/mol. The van der Waals surface area contributed by atoms with Crippen molar-refractivity contribution in [3.63, 3.8) is 0 Å². The summed E-state index contributed by atoms with van der Waals surface area (Å²) in [6.45, 7) is 0. The molecule has 0 spiro atoms. The maximum absolute atomic E-state index is 3.36. The second kappa shape index (κ2) is 11.9. The summed E-state index contributed by atoms with van der Waals surface area (Å²) >= 11 is 0. The van der Waals surface area contributed by atoms with Crippen LogP contribution in [-0.2, 0) is 0 Å². The molecule has 2 saturated heterocycles. The maximum Gasteiger partial charge on any atom is 0.0137 e. The first-order chi connectivity index (χ1) is 20.8. The highest BCUT2D eigenvalue weighted by Gasteiger charge is 2.63. The summed E-state index contributed by atoms with van der Waals surface area (Å²) in [7, 11) is 0. The Kier molecular flexibility index (Phi) is 8.00. The van der Waals surface area contributed by atoms with Gasteiger partial charge in [0.05, 0.1) is 0 Å². The van der Waals surface area contributed by atoms with Gasteiger partial charge in [-0.2, -0.15) is 0 Å². The summed E-state index contributed by atoms with van der Waals surface area (Å²) in [5, 5.41) is 0. The minimum atomic E-state index is 0.947. The zero-order valence-corrected chi connectivity index (χ0v) is 27.4. The first-order valence-corrected chi connectivity index (χ1v) is 20.4. The van der Waals surface area contributed by atoms with Crippen LogP contribution in [0.15, 0.2) is 0 Å². The summed E-state index contributed by atoms with van der Waals surface area (Å²) in [6, 6.07) is 5.78. The molecule has 9 rings (SSSR count). The van der Waals surface area contributed by atoms with Crippen LogP contribution in [0.4, 0.5) is 0 Å². The van der Waals surface area contributed by atoms with E-state index in [4.69, 9.17) is 0 Å². The first-order valence-electron chi connectivity index (χ1n) is 20.4. The molecule has 2 heterocycles. The molecule has 0 radical (unpaired) electrons. The Morgan fingerprint density at radius 3 is 1.36 bits per heavy atom. The molecule has 0 aromatic carbocycles. The quantitative estimate of drug-likeness (QED) is 0.331. The van der Waals surface area contributed by atoms with Gasteiger partial charge in [-0.3, -0.25) is 9.80 Å². The molecule has 2 aliphatic heterocycles. The molecule has 0 bridgehead atoms. The van der Waals surface area contributed by atoms with Crippen LogP contribution in [0, 0.1) is 47.3 Å². The van der Waals surface area contributed by atoms with Crippen molar-refractivity contribution in [2.75, 3.05) is 0 Å². The number of hydrogen-bond donors (Lipinski definition) is 0. The molecule has 236 valence electrons. The smallest absolute Gasteiger partial charge is 0.0137 e. The predicted molar refractivity (Wildman–Crippen MR) is 174 cm³/mol. The Hall–Kier alpha value is -0.0800. The van der Waals surface area contributed by atoms with Crippen molar-refractivity contribution in [3.05, 3.63) is 0 Å². The van der Waals surface area contributed by atoms with Crippen molar-refractivity contribution < 1.29 is 0 Å². The molecule has 11 atom stereocenters. The summed E-state index contributed by atoms with van der Waals surface area (Å²) in [4.78, 5) is 6.66. The van der Waals surface area contributed by atoms with Crippen molar-refractivity contribution in [2.45, 2.75) is 203 Å². The van der Waals surface area contributed by atoms with Crippen LogP contribution >= 0.6 is 0 Å². The van der Waals surface area contributed by atoms with Gasteiger partial charge < -0.3 is 0 Å². The maximum atomic E-state index is 3.36. The Labute approximate surface area is 259 Å². The molecular formula is C40H66N2. The summed E-state index contributed by atoms with van der Waals surface area (Å²) in [6.07, 6.45) is 40.5. The molecule has 11 unspecified atom stereocenters. The summed E-state index contributed by atoms with van der Waals surface area (Å²) < 4.78 is 0. The fourth-order valence-electron chi connectivity index (χ4n) is 15.2. The molecule has 2 nitrogen and oxygen atoms in total. The topological polar surface area (TPSA) is 6.48 Å². The lowest BCUT2D eigenvalue weighted by Crippen LogP contribution is -2.53. The van der Waals surface area contributed by atoms with E-state index in [-0.39, 0.29) is 0 Å². The third-order valence-corrected chi connectivity index (χ3v) is 16.6. The number of nitrogens with zero attached hydrogens (tertiary/aromatic N) is 2. The highest BCUT2D eigenvalue weighted by molar-refractivity contribution is 5.16. The molecule has 2 heteroatoms. The highest BCUT2D eigenvalue weighted by Crippen LogP contribution is 2.61. The molecule has 9 fully saturated rings. The average Bonchev–Trinajstić information content (AvgIpc) is 3.58. The van der Waals surface area contributed by atoms with E-state index < -0.39 is 0 Å². The molecule has 0 aromatic heterocycles. The van der Waals surface area contributed by atoms with Crippen molar-refractivity contribution in [1.29, 1.82) is 0 Å². The molecule has 0 N–H and O–H groups in total. The van der Waals surface area contributed by atoms with Gasteiger partial charge in [0, 0.05) is 36.3 Å². The molecule has 0 amide bonds. The van der Waals surface area contributed by atoms with Gasteiger partial charge in [-0.05, 0) is 144 Å². The van der Waals surface area contributed by atoms with E-state index in [0.29, 0.717) is 0 Å². The third kappa shape index (κ3) is 4.74. The molecule has 9 aliphatic rings. The summed E-state index contributed by atoms with van der Waals surface area (Å²) in [5.41, 5.74) is 0. The van der Waals surface area contributed by atoms with Crippen molar-refractivity contribution in [1.82, 2.24) is 9.80 Å². The van der Waals surface area contributed by atoms with E-state index in [2.05, 4.69) is 9.80 Å². The van der Waals surface area contributed by atoms with E-state index in [1.54, 1.807) is 122 Å². The van der Waals surface area contributed by atoms with E-state index in [0.717, 1.165) is 83.6 Å². The number of fused-ring (bicyclic) bond motifs is 8. The number of hydrogen-bond acceptors (Lipinski definition) is 2. The van der Waals surface area contributed by atoms with E-state index in [1.165, 1.54) is 44.9 Å². The summed E-state index contributed by atoms with van der Waals surface area (Å²) in [5.74, 6) is 8.68. The fraction of sp³-hybridized carbons (Fsp3) is 1.00. The predicted octanol–water partition coefficient (Wildman–Crippen LogP) is 10.00. The Bertz CT molecular complexity index is 917. The lowest BCUT2D eigenvalue weighted by atomic mass is 9.61. The van der Waals surface area contributed by atoms with Crippen LogP contribution in [0.5, 0.6) is 0 Å². The van der Waals surface area contributed by atoms with Gasteiger partial charge in [-0.25, -0.2) is 0 Å². The van der Waals surface area contributed by atoms with Crippen LogP contribution in [-0.4, -0.2) is 46.1 Å². The SMILES string of the molecule is C1CCC(N2C3CCCCC3C3C4C5CCCCC5N(C5CCC(C6CCC7CCCCC7C6)CC5)C4CCC32)CC1.